The lowest BCUT2D eigenvalue weighted by molar-refractivity contribution is -0.142. The Morgan fingerprint density at radius 2 is 1.85 bits per heavy atom. The second-order valence-corrected chi connectivity index (χ2v) is 9.98. The maximum absolute atomic E-state index is 13.6. The fourth-order valence-electron chi connectivity index (χ4n) is 4.67. The number of carbonyl (C=O) groups is 2. The molecule has 3 rings (SSSR count). The van der Waals surface area contributed by atoms with Crippen LogP contribution < -0.4 is 0 Å². The van der Waals surface area contributed by atoms with Crippen LogP contribution in [0.5, 0.6) is 0 Å². The zero-order chi connectivity index (χ0) is 24.2. The Kier molecular flexibility index (Phi) is 11.1. The van der Waals surface area contributed by atoms with E-state index in [4.69, 9.17) is 4.74 Å². The first-order valence-corrected chi connectivity index (χ1v) is 13.8. The molecular weight excluding hydrogens is 444 g/mol. The number of rotatable bonds is 14. The molecule has 5 nitrogen and oxygen atoms in total. The van der Waals surface area contributed by atoms with Crippen LogP contribution in [0.25, 0.3) is 0 Å². The van der Waals surface area contributed by atoms with Crippen LogP contribution in [0.15, 0.2) is 41.8 Å². The Morgan fingerprint density at radius 3 is 2.62 bits per heavy atom. The highest BCUT2D eigenvalue weighted by molar-refractivity contribution is 7.10. The summed E-state index contributed by atoms with van der Waals surface area (Å²) in [5.41, 5.74) is 2.35. The Hall–Kier alpha value is -2.18. The highest BCUT2D eigenvalue weighted by atomic mass is 32.1. The second-order valence-electron chi connectivity index (χ2n) is 8.98. The summed E-state index contributed by atoms with van der Waals surface area (Å²) in [6.07, 6.45) is 7.68. The summed E-state index contributed by atoms with van der Waals surface area (Å²) >= 11 is 1.77. The van der Waals surface area contributed by atoms with Crippen molar-refractivity contribution in [3.63, 3.8) is 0 Å². The topological polar surface area (TPSA) is 49.9 Å². The standard InChI is InChI=1S/C28H40N2O3S/c1-3-5-6-7-11-15-26(31)29(18-12-20-33-4-2)22-27(32)30-19-16-25-24(17-21-34-25)28(30)23-13-9-8-10-14-23/h8-10,13-14,17,21,28H,3-7,11-12,15-16,18-20,22H2,1-2H3. The number of ether oxygens (including phenoxy) is 1. The van der Waals surface area contributed by atoms with Crippen LogP contribution in [0.3, 0.4) is 0 Å². The molecular formula is C28H40N2O3S. The van der Waals surface area contributed by atoms with Gasteiger partial charge < -0.3 is 14.5 Å². The summed E-state index contributed by atoms with van der Waals surface area (Å²) < 4.78 is 5.48. The molecule has 34 heavy (non-hydrogen) atoms. The van der Waals surface area contributed by atoms with Gasteiger partial charge in [0.2, 0.25) is 11.8 Å². The predicted octanol–water partition coefficient (Wildman–Crippen LogP) is 5.84. The lowest BCUT2D eigenvalue weighted by atomic mass is 9.93. The van der Waals surface area contributed by atoms with Gasteiger partial charge in [0.05, 0.1) is 12.6 Å². The van der Waals surface area contributed by atoms with Crippen molar-refractivity contribution < 1.29 is 14.3 Å². The zero-order valence-corrected chi connectivity index (χ0v) is 21.7. The van der Waals surface area contributed by atoms with Gasteiger partial charge in [-0.1, -0.05) is 62.9 Å². The van der Waals surface area contributed by atoms with E-state index in [-0.39, 0.29) is 24.4 Å². The summed E-state index contributed by atoms with van der Waals surface area (Å²) in [5.74, 6) is 0.118. The number of thiophene rings is 1. The van der Waals surface area contributed by atoms with Crippen molar-refractivity contribution in [2.24, 2.45) is 0 Å². The van der Waals surface area contributed by atoms with Gasteiger partial charge in [0.25, 0.3) is 0 Å². The van der Waals surface area contributed by atoms with Crippen molar-refractivity contribution in [2.75, 3.05) is 32.8 Å². The Morgan fingerprint density at radius 1 is 1.06 bits per heavy atom. The summed E-state index contributed by atoms with van der Waals surface area (Å²) in [6.45, 7) is 6.83. The molecule has 0 radical (unpaired) electrons. The fourth-order valence-corrected chi connectivity index (χ4v) is 5.57. The number of nitrogens with zero attached hydrogens (tertiary/aromatic N) is 2. The van der Waals surface area contributed by atoms with Gasteiger partial charge in [-0.15, -0.1) is 11.3 Å². The number of hydrogen-bond acceptors (Lipinski definition) is 4. The SMILES string of the molecule is CCCCCCCC(=O)N(CCCOCC)CC(=O)N1CCc2sccc2C1c1ccccc1. The molecule has 0 bridgehead atoms. The molecule has 1 atom stereocenters. The van der Waals surface area contributed by atoms with E-state index < -0.39 is 0 Å². The Bertz CT molecular complexity index is 883. The van der Waals surface area contributed by atoms with E-state index in [9.17, 15) is 9.59 Å². The van der Waals surface area contributed by atoms with Crippen molar-refractivity contribution in [3.05, 3.63) is 57.8 Å². The maximum Gasteiger partial charge on any atom is 0.242 e. The highest BCUT2D eigenvalue weighted by Gasteiger charge is 2.33. The van der Waals surface area contributed by atoms with Gasteiger partial charge in [0.15, 0.2) is 0 Å². The van der Waals surface area contributed by atoms with E-state index in [1.54, 1.807) is 16.2 Å². The molecule has 2 aromatic rings. The number of amides is 2. The molecule has 1 aromatic heterocycles. The summed E-state index contributed by atoms with van der Waals surface area (Å²) in [7, 11) is 0. The Labute approximate surface area is 209 Å². The molecule has 6 heteroatoms. The van der Waals surface area contributed by atoms with Crippen LogP contribution in [0, 0.1) is 0 Å². The van der Waals surface area contributed by atoms with E-state index in [2.05, 4.69) is 30.5 Å². The van der Waals surface area contributed by atoms with E-state index in [1.165, 1.54) is 29.7 Å². The number of carbonyl (C=O) groups excluding carboxylic acids is 2. The van der Waals surface area contributed by atoms with E-state index in [0.717, 1.165) is 31.2 Å². The predicted molar refractivity (Wildman–Crippen MR) is 139 cm³/mol. The third-order valence-corrected chi connectivity index (χ3v) is 7.49. The van der Waals surface area contributed by atoms with Crippen LogP contribution in [0.2, 0.25) is 0 Å². The highest BCUT2D eigenvalue weighted by Crippen LogP contribution is 2.37. The summed E-state index contributed by atoms with van der Waals surface area (Å²) in [4.78, 5) is 31.8. The van der Waals surface area contributed by atoms with Crippen molar-refractivity contribution in [1.82, 2.24) is 9.80 Å². The quantitative estimate of drug-likeness (QED) is 0.317. The second kappa shape index (κ2) is 14.3. The molecule has 0 N–H and O–H groups in total. The monoisotopic (exact) mass is 484 g/mol. The van der Waals surface area contributed by atoms with Crippen LogP contribution >= 0.6 is 11.3 Å². The van der Waals surface area contributed by atoms with Crippen molar-refractivity contribution >= 4 is 23.2 Å². The molecule has 0 fully saturated rings. The average Bonchev–Trinajstić information content (AvgIpc) is 3.34. The van der Waals surface area contributed by atoms with Gasteiger partial charge >= 0.3 is 0 Å². The van der Waals surface area contributed by atoms with Crippen molar-refractivity contribution in [3.8, 4) is 0 Å². The van der Waals surface area contributed by atoms with Crippen molar-refractivity contribution in [2.45, 2.75) is 71.3 Å². The van der Waals surface area contributed by atoms with Crippen LogP contribution in [0.4, 0.5) is 0 Å². The van der Waals surface area contributed by atoms with Gasteiger partial charge in [-0.25, -0.2) is 0 Å². The molecule has 2 heterocycles. The molecule has 2 amide bonds. The average molecular weight is 485 g/mol. The molecule has 0 aliphatic carbocycles. The third kappa shape index (κ3) is 7.41. The minimum absolute atomic E-state index is 0.0291. The van der Waals surface area contributed by atoms with E-state index in [1.807, 2.05) is 30.0 Å². The first kappa shape index (κ1) is 26.4. The lowest BCUT2D eigenvalue weighted by Crippen LogP contribution is -2.47. The number of hydrogen-bond donors (Lipinski definition) is 0. The number of benzene rings is 1. The molecule has 1 aliphatic heterocycles. The van der Waals surface area contributed by atoms with E-state index in [0.29, 0.717) is 32.7 Å². The van der Waals surface area contributed by atoms with Gasteiger partial charge in [0, 0.05) is 37.6 Å². The first-order chi connectivity index (χ1) is 16.7. The van der Waals surface area contributed by atoms with Crippen LogP contribution in [0.1, 0.15) is 80.8 Å². The fraction of sp³-hybridized carbons (Fsp3) is 0.571. The van der Waals surface area contributed by atoms with E-state index >= 15 is 0 Å². The molecule has 1 aromatic carbocycles. The summed E-state index contributed by atoms with van der Waals surface area (Å²) in [6, 6.07) is 12.3. The summed E-state index contributed by atoms with van der Waals surface area (Å²) in [5, 5.41) is 2.12. The van der Waals surface area contributed by atoms with Crippen LogP contribution in [-0.4, -0.2) is 54.5 Å². The van der Waals surface area contributed by atoms with Crippen molar-refractivity contribution in [1.29, 1.82) is 0 Å². The first-order valence-electron chi connectivity index (χ1n) is 12.9. The van der Waals surface area contributed by atoms with Crippen LogP contribution in [-0.2, 0) is 20.7 Å². The zero-order valence-electron chi connectivity index (χ0n) is 20.8. The van der Waals surface area contributed by atoms with Gasteiger partial charge in [-0.2, -0.15) is 0 Å². The van der Waals surface area contributed by atoms with Gasteiger partial charge in [0.1, 0.15) is 0 Å². The normalized spacial score (nSPS) is 15.2. The van der Waals surface area contributed by atoms with Gasteiger partial charge in [-0.05, 0) is 48.8 Å². The molecule has 1 unspecified atom stereocenters. The Balaban J connectivity index is 1.70. The maximum atomic E-state index is 13.6. The largest absolute Gasteiger partial charge is 0.382 e. The number of fused-ring (bicyclic) bond motifs is 1. The molecule has 0 saturated carbocycles. The minimum Gasteiger partial charge on any atom is -0.382 e. The third-order valence-electron chi connectivity index (χ3n) is 6.50. The molecule has 1 aliphatic rings. The minimum atomic E-state index is -0.0851. The molecule has 186 valence electrons. The lowest BCUT2D eigenvalue weighted by Gasteiger charge is -2.37. The number of unbranched alkanes of at least 4 members (excludes halogenated alkanes) is 4. The van der Waals surface area contributed by atoms with Gasteiger partial charge in [-0.3, -0.25) is 9.59 Å². The smallest absolute Gasteiger partial charge is 0.242 e. The molecule has 0 saturated heterocycles. The molecule has 0 spiro atoms.